The van der Waals surface area contributed by atoms with Gasteiger partial charge in [0.25, 0.3) is 0 Å². The van der Waals surface area contributed by atoms with E-state index < -0.39 is 47.7 Å². The topological polar surface area (TPSA) is 98.7 Å². The molecule has 13 heteroatoms. The zero-order chi connectivity index (χ0) is 29.4. The maximum atomic E-state index is 13.6. The normalized spacial score (nSPS) is 14.5. The van der Waals surface area contributed by atoms with Crippen LogP contribution in [0.15, 0.2) is 51.8 Å². The molecule has 2 aromatic carbocycles. The van der Waals surface area contributed by atoms with Crippen molar-refractivity contribution in [1.82, 2.24) is 10.2 Å². The number of halogens is 3. The number of benzene rings is 2. The molecule has 0 unspecified atom stereocenters. The third-order valence-electron chi connectivity index (χ3n) is 6.74. The van der Waals surface area contributed by atoms with Crippen molar-refractivity contribution in [1.29, 1.82) is 0 Å². The van der Waals surface area contributed by atoms with E-state index in [2.05, 4.69) is 54.2 Å². The fraction of sp³-hybridized carbons (Fsp3) is 0.423. The molecule has 210 valence electrons. The molecule has 0 aliphatic carbocycles. The maximum absolute atomic E-state index is 13.6. The molecule has 0 radical (unpaired) electrons. The fourth-order valence-electron chi connectivity index (χ4n) is 3.54. The number of rotatable bonds is 8. The number of nitrogens with zero attached hydrogens (tertiary/aromatic N) is 3. The van der Waals surface area contributed by atoms with Gasteiger partial charge < -0.3 is 14.2 Å². The van der Waals surface area contributed by atoms with Gasteiger partial charge in [-0.2, -0.15) is 13.2 Å². The Kier molecular flexibility index (Phi) is 8.36. The summed E-state index contributed by atoms with van der Waals surface area (Å²) in [7, 11) is -5.72. The third-order valence-corrected chi connectivity index (χ3v) is 12.4. The number of hydrogen-bond donors (Lipinski definition) is 1. The van der Waals surface area contributed by atoms with Crippen molar-refractivity contribution in [2.24, 2.45) is 0 Å². The van der Waals surface area contributed by atoms with Gasteiger partial charge in [0, 0.05) is 17.5 Å². The molecule has 3 rings (SSSR count). The van der Waals surface area contributed by atoms with Crippen LogP contribution in [0.25, 0.3) is 16.3 Å². The highest BCUT2D eigenvalue weighted by atomic mass is 32.2. The first-order chi connectivity index (χ1) is 17.8. The van der Waals surface area contributed by atoms with Crippen LogP contribution in [-0.4, -0.2) is 39.3 Å². The lowest BCUT2D eigenvalue weighted by molar-refractivity contribution is -0.136. The van der Waals surface area contributed by atoms with Gasteiger partial charge in [0.2, 0.25) is 11.8 Å². The van der Waals surface area contributed by atoms with E-state index in [1.165, 1.54) is 30.3 Å². The minimum absolute atomic E-state index is 0.0752. The van der Waals surface area contributed by atoms with Crippen molar-refractivity contribution >= 4 is 29.5 Å². The van der Waals surface area contributed by atoms with Crippen LogP contribution < -0.4 is 5.32 Å². The minimum atomic E-state index is -4.72. The van der Waals surface area contributed by atoms with E-state index in [0.717, 1.165) is 18.4 Å². The largest absolute Gasteiger partial charge is 0.418 e. The predicted octanol–water partition coefficient (Wildman–Crippen LogP) is 7.27. The summed E-state index contributed by atoms with van der Waals surface area (Å²) < 4.78 is 76.8. The van der Waals surface area contributed by atoms with Gasteiger partial charge in [0.15, 0.2) is 23.8 Å². The first-order valence-electron chi connectivity index (χ1n) is 12.0. The average Bonchev–Trinajstić information content (AvgIpc) is 3.30. The molecule has 3 aromatic rings. The van der Waals surface area contributed by atoms with E-state index in [1.54, 1.807) is 6.92 Å². The number of anilines is 1. The summed E-state index contributed by atoms with van der Waals surface area (Å²) in [5, 5.41) is 11.1. The maximum Gasteiger partial charge on any atom is 0.407 e. The summed E-state index contributed by atoms with van der Waals surface area (Å²) in [5.41, 5.74) is -0.995. The summed E-state index contributed by atoms with van der Waals surface area (Å²) in [5.74, 6) is 0.182. The van der Waals surface area contributed by atoms with Crippen LogP contribution in [0.3, 0.4) is 0 Å². The SMILES string of the molecule is [C-]#[N+]c1ccc(N[C@@H](c2nnc(-c3ccc(S(C)(=O)=O)cc3)o2)[C@@H](C)O[Si](C)(C)C(C)(C)C)cc1C(F)(F)F. The Morgan fingerprint density at radius 3 is 2.21 bits per heavy atom. The molecule has 0 spiro atoms. The van der Waals surface area contributed by atoms with Gasteiger partial charge in [-0.15, -0.1) is 10.2 Å². The van der Waals surface area contributed by atoms with Crippen molar-refractivity contribution < 1.29 is 30.4 Å². The Morgan fingerprint density at radius 1 is 1.08 bits per heavy atom. The number of aromatic nitrogens is 2. The van der Waals surface area contributed by atoms with Gasteiger partial charge in [-0.25, -0.2) is 13.3 Å². The van der Waals surface area contributed by atoms with Crippen LogP contribution in [0.4, 0.5) is 24.5 Å². The molecule has 2 atom stereocenters. The minimum Gasteiger partial charge on any atom is -0.418 e. The van der Waals surface area contributed by atoms with Gasteiger partial charge >= 0.3 is 6.18 Å². The third kappa shape index (κ3) is 7.06. The molecule has 0 amide bonds. The molecule has 1 aromatic heterocycles. The molecule has 8 nitrogen and oxygen atoms in total. The lowest BCUT2D eigenvalue weighted by Gasteiger charge is -2.40. The van der Waals surface area contributed by atoms with Crippen LogP contribution in [0, 0.1) is 6.57 Å². The highest BCUT2D eigenvalue weighted by Crippen LogP contribution is 2.41. The van der Waals surface area contributed by atoms with Crippen molar-refractivity contribution in [3.63, 3.8) is 0 Å². The van der Waals surface area contributed by atoms with E-state index in [1.807, 2.05) is 0 Å². The lowest BCUT2D eigenvalue weighted by Crippen LogP contribution is -2.45. The van der Waals surface area contributed by atoms with E-state index in [0.29, 0.717) is 5.56 Å². The summed E-state index contributed by atoms with van der Waals surface area (Å²) in [4.78, 5) is 3.12. The summed E-state index contributed by atoms with van der Waals surface area (Å²) in [6.45, 7) is 19.2. The van der Waals surface area contributed by atoms with Gasteiger partial charge in [-0.3, -0.25) is 0 Å². The van der Waals surface area contributed by atoms with Gasteiger partial charge in [-0.05, 0) is 61.5 Å². The molecule has 1 N–H and O–H groups in total. The zero-order valence-electron chi connectivity index (χ0n) is 22.7. The first-order valence-corrected chi connectivity index (χ1v) is 16.8. The first kappa shape index (κ1) is 30.3. The summed E-state index contributed by atoms with van der Waals surface area (Å²) in [6, 6.07) is 8.44. The van der Waals surface area contributed by atoms with Crippen LogP contribution in [0.1, 0.15) is 45.2 Å². The Bertz CT molecular complexity index is 1470. The second-order valence-electron chi connectivity index (χ2n) is 10.8. The van der Waals surface area contributed by atoms with Crippen LogP contribution >= 0.6 is 0 Å². The quantitative estimate of drug-likeness (QED) is 0.221. The molecule has 0 bridgehead atoms. The molecule has 0 aliphatic rings. The van der Waals surface area contributed by atoms with Gasteiger partial charge in [0.1, 0.15) is 6.04 Å². The highest BCUT2D eigenvalue weighted by molar-refractivity contribution is 7.90. The Balaban J connectivity index is 2.03. The summed E-state index contributed by atoms with van der Waals surface area (Å²) in [6.07, 6.45) is -4.21. The van der Waals surface area contributed by atoms with E-state index in [9.17, 15) is 21.6 Å². The average molecular weight is 581 g/mol. The van der Waals surface area contributed by atoms with E-state index in [4.69, 9.17) is 15.4 Å². The van der Waals surface area contributed by atoms with Gasteiger partial charge in [0.05, 0.1) is 23.1 Å². The smallest absolute Gasteiger partial charge is 0.407 e. The van der Waals surface area contributed by atoms with Crippen LogP contribution in [0.2, 0.25) is 18.1 Å². The standard InChI is InChI=1S/C26H31F3N4O4SSi/c1-16(37-39(7,8)25(2,3)4)22(31-18-11-14-21(30-5)20(15-18)26(27,28)29)24-33-32-23(36-24)17-9-12-19(13-10-17)38(6,34)35/h9-16,22,31H,1-4,6-8H3/t16-,22-/m1/s1. The molecule has 0 saturated carbocycles. The Morgan fingerprint density at radius 2 is 1.69 bits per heavy atom. The highest BCUT2D eigenvalue weighted by Gasteiger charge is 2.41. The fourth-order valence-corrected chi connectivity index (χ4v) is 5.59. The number of hydrogen-bond acceptors (Lipinski definition) is 7. The second-order valence-corrected chi connectivity index (χ2v) is 17.6. The van der Waals surface area contributed by atoms with Crippen LogP contribution in [-0.2, 0) is 20.4 Å². The van der Waals surface area contributed by atoms with Crippen molar-refractivity contribution in [2.75, 3.05) is 11.6 Å². The molecule has 1 heterocycles. The van der Waals surface area contributed by atoms with E-state index >= 15 is 0 Å². The molecule has 0 fully saturated rings. The molecular formula is C26H31F3N4O4SSi. The molecule has 0 aliphatic heterocycles. The molecule has 0 saturated heterocycles. The van der Waals surface area contributed by atoms with E-state index in [-0.39, 0.29) is 27.4 Å². The summed E-state index contributed by atoms with van der Waals surface area (Å²) >= 11 is 0. The number of alkyl halides is 3. The zero-order valence-corrected chi connectivity index (χ0v) is 24.5. The van der Waals surface area contributed by atoms with Gasteiger partial charge in [-0.1, -0.05) is 26.8 Å². The molecule has 39 heavy (non-hydrogen) atoms. The Labute approximate surface area is 227 Å². The number of nitrogens with one attached hydrogen (secondary N) is 1. The monoisotopic (exact) mass is 580 g/mol. The van der Waals surface area contributed by atoms with Crippen molar-refractivity contribution in [3.05, 3.63) is 65.3 Å². The lowest BCUT2D eigenvalue weighted by atomic mass is 10.1. The predicted molar refractivity (Wildman–Crippen MR) is 145 cm³/mol. The van der Waals surface area contributed by atoms with Crippen molar-refractivity contribution in [2.45, 2.75) is 69.0 Å². The molecular weight excluding hydrogens is 549 g/mol. The second kappa shape index (κ2) is 10.7. The number of sulfone groups is 1. The van der Waals surface area contributed by atoms with Crippen LogP contribution in [0.5, 0.6) is 0 Å². The Hall–Kier alpha value is -3.21. The van der Waals surface area contributed by atoms with Crippen molar-refractivity contribution in [3.8, 4) is 11.5 Å².